The van der Waals surface area contributed by atoms with E-state index in [-0.39, 0.29) is 41.7 Å². The average Bonchev–Trinajstić information content (AvgIpc) is 3.45. The van der Waals surface area contributed by atoms with Crippen molar-refractivity contribution in [3.8, 4) is 5.75 Å². The first-order valence-corrected chi connectivity index (χ1v) is 13.1. The number of phenolic OH excluding ortho intramolecular Hbond substituents is 1. The first-order valence-electron chi connectivity index (χ1n) is 13.1. The van der Waals surface area contributed by atoms with Crippen LogP contribution in [0, 0.1) is 17.8 Å². The fraction of sp³-hybridized carbons (Fsp3) is 0.379. The predicted octanol–water partition coefficient (Wildman–Crippen LogP) is 2.16. The maximum Gasteiger partial charge on any atom is 0.488 e. The largest absolute Gasteiger partial charge is 0.507 e. The Morgan fingerprint density at radius 3 is 2.61 bits per heavy atom. The maximum atomic E-state index is 13.6. The molecule has 0 saturated carbocycles. The number of allylic oxidation sites excluding steroid dienone is 1. The standard InChI is InChI=1S/C29H32BNO7/c1-2-17(12-18-6-3-4-9-24(18)33)10-11-25-26-19(15-32)13-22-27(23(26)16-38-25)29(35)31(28(22)34)21-8-5-7-20(14-21)30(36)37/h3-9,12,14,22-23,25,27,32-33,36-37H,2,10-11,13,15-16H2,1H3/b17-12+/t22-,23+,25-,27-/m1/s1. The minimum atomic E-state index is -1.71. The van der Waals surface area contributed by atoms with Crippen LogP contribution in [0.15, 0.2) is 65.3 Å². The van der Waals surface area contributed by atoms with E-state index in [4.69, 9.17) is 4.74 Å². The molecule has 38 heavy (non-hydrogen) atoms. The van der Waals surface area contributed by atoms with E-state index in [1.54, 1.807) is 24.3 Å². The van der Waals surface area contributed by atoms with E-state index >= 15 is 0 Å². The molecule has 0 radical (unpaired) electrons. The molecule has 2 amide bonds. The number of imide groups is 1. The highest BCUT2D eigenvalue weighted by Crippen LogP contribution is 2.50. The molecule has 0 unspecified atom stereocenters. The Morgan fingerprint density at radius 1 is 1.11 bits per heavy atom. The molecule has 2 fully saturated rings. The molecule has 2 aromatic carbocycles. The van der Waals surface area contributed by atoms with E-state index in [0.717, 1.165) is 40.0 Å². The molecule has 2 saturated heterocycles. The van der Waals surface area contributed by atoms with Crippen LogP contribution >= 0.6 is 0 Å². The second-order valence-electron chi connectivity index (χ2n) is 10.2. The average molecular weight is 517 g/mol. The number of phenols is 1. The van der Waals surface area contributed by atoms with Gasteiger partial charge in [0.2, 0.25) is 11.8 Å². The number of ether oxygens (including phenoxy) is 1. The molecule has 1 aliphatic carbocycles. The zero-order valence-electron chi connectivity index (χ0n) is 21.3. The number of carbonyl (C=O) groups excluding carboxylic acids is 2. The van der Waals surface area contributed by atoms with E-state index < -0.39 is 19.0 Å². The Kier molecular flexibility index (Phi) is 7.54. The van der Waals surface area contributed by atoms with Gasteiger partial charge < -0.3 is 25.0 Å². The third kappa shape index (κ3) is 4.71. The number of aliphatic hydroxyl groups is 1. The molecule has 198 valence electrons. The summed E-state index contributed by atoms with van der Waals surface area (Å²) in [4.78, 5) is 28.2. The van der Waals surface area contributed by atoms with Crippen molar-refractivity contribution >= 4 is 36.2 Å². The van der Waals surface area contributed by atoms with Crippen LogP contribution in [-0.4, -0.2) is 58.5 Å². The number of anilines is 1. The van der Waals surface area contributed by atoms with Crippen molar-refractivity contribution in [1.29, 1.82) is 0 Å². The van der Waals surface area contributed by atoms with Crippen LogP contribution in [-0.2, 0) is 14.3 Å². The zero-order chi connectivity index (χ0) is 27.0. The summed E-state index contributed by atoms with van der Waals surface area (Å²) < 4.78 is 6.19. The normalized spacial score (nSPS) is 25.2. The van der Waals surface area contributed by atoms with Gasteiger partial charge in [-0.1, -0.05) is 48.9 Å². The highest BCUT2D eigenvalue weighted by Gasteiger charge is 2.57. The fourth-order valence-corrected chi connectivity index (χ4v) is 6.20. The van der Waals surface area contributed by atoms with Crippen molar-refractivity contribution < 1.29 is 34.6 Å². The van der Waals surface area contributed by atoms with Gasteiger partial charge in [-0.05, 0) is 60.5 Å². The molecule has 4 N–H and O–H groups in total. The molecule has 4 atom stereocenters. The number of benzene rings is 2. The number of rotatable bonds is 8. The fourth-order valence-electron chi connectivity index (χ4n) is 6.20. The number of fused-ring (bicyclic) bond motifs is 3. The van der Waals surface area contributed by atoms with Gasteiger partial charge in [-0.15, -0.1) is 0 Å². The summed E-state index contributed by atoms with van der Waals surface area (Å²) in [6.07, 6.45) is 4.24. The molecule has 0 aromatic heterocycles. The van der Waals surface area contributed by atoms with Gasteiger partial charge in [-0.25, -0.2) is 0 Å². The highest BCUT2D eigenvalue weighted by molar-refractivity contribution is 6.58. The molecule has 0 bridgehead atoms. The Hall–Kier alpha value is -3.24. The van der Waals surface area contributed by atoms with E-state index in [1.165, 1.54) is 12.1 Å². The summed E-state index contributed by atoms with van der Waals surface area (Å²) in [5.74, 6) is -1.88. The second-order valence-corrected chi connectivity index (χ2v) is 10.2. The summed E-state index contributed by atoms with van der Waals surface area (Å²) in [5.41, 5.74) is 4.13. The van der Waals surface area contributed by atoms with Crippen molar-refractivity contribution in [2.75, 3.05) is 18.1 Å². The van der Waals surface area contributed by atoms with Gasteiger partial charge in [-0.3, -0.25) is 14.5 Å². The minimum absolute atomic E-state index is 0.195. The van der Waals surface area contributed by atoms with E-state index in [1.807, 2.05) is 18.2 Å². The number of aliphatic hydroxyl groups excluding tert-OH is 1. The van der Waals surface area contributed by atoms with Gasteiger partial charge in [0.05, 0.1) is 36.8 Å². The quantitative estimate of drug-likeness (QED) is 0.240. The van der Waals surface area contributed by atoms with Gasteiger partial charge in [-0.2, -0.15) is 0 Å². The number of hydrogen-bond acceptors (Lipinski definition) is 7. The van der Waals surface area contributed by atoms with Gasteiger partial charge in [0.1, 0.15) is 5.75 Å². The maximum absolute atomic E-state index is 13.6. The molecular formula is C29H32BNO7. The first kappa shape index (κ1) is 26.4. The SMILES string of the molecule is CC/C(=C\c1ccccc1O)CC[C@H]1OC[C@H]2C1=C(CO)C[C@H]1C(=O)N(c3cccc(B(O)O)c3)C(=O)[C@H]12. The van der Waals surface area contributed by atoms with Gasteiger partial charge in [0, 0.05) is 11.5 Å². The van der Waals surface area contributed by atoms with Gasteiger partial charge in [0.25, 0.3) is 0 Å². The molecule has 5 rings (SSSR count). The van der Waals surface area contributed by atoms with Crippen LogP contribution in [0.5, 0.6) is 5.75 Å². The minimum Gasteiger partial charge on any atom is -0.507 e. The number of nitrogens with zero attached hydrogens (tertiary/aromatic N) is 1. The molecule has 2 aromatic rings. The predicted molar refractivity (Wildman–Crippen MR) is 143 cm³/mol. The number of para-hydroxylation sites is 1. The lowest BCUT2D eigenvalue weighted by Crippen LogP contribution is -2.35. The van der Waals surface area contributed by atoms with Crippen LogP contribution < -0.4 is 10.4 Å². The summed E-state index contributed by atoms with van der Waals surface area (Å²) in [6.45, 7) is 2.17. The molecule has 2 aliphatic heterocycles. The van der Waals surface area contributed by atoms with E-state index in [9.17, 15) is 29.9 Å². The van der Waals surface area contributed by atoms with Crippen molar-refractivity contribution in [3.63, 3.8) is 0 Å². The van der Waals surface area contributed by atoms with Crippen LogP contribution in [0.4, 0.5) is 5.69 Å². The molecule has 2 heterocycles. The smallest absolute Gasteiger partial charge is 0.488 e. The topological polar surface area (TPSA) is 128 Å². The van der Waals surface area contributed by atoms with Crippen LogP contribution in [0.1, 0.15) is 38.2 Å². The Morgan fingerprint density at radius 2 is 1.89 bits per heavy atom. The lowest BCUT2D eigenvalue weighted by atomic mass is 9.69. The number of hydrogen-bond donors (Lipinski definition) is 4. The van der Waals surface area contributed by atoms with Gasteiger partial charge >= 0.3 is 7.12 Å². The van der Waals surface area contributed by atoms with Crippen molar-refractivity contribution in [2.24, 2.45) is 17.8 Å². The Bertz CT molecular complexity index is 1300. The summed E-state index contributed by atoms with van der Waals surface area (Å²) in [5, 5.41) is 39.5. The summed E-state index contributed by atoms with van der Waals surface area (Å²) in [7, 11) is -1.71. The van der Waals surface area contributed by atoms with E-state index in [2.05, 4.69) is 6.92 Å². The monoisotopic (exact) mass is 517 g/mol. The number of aromatic hydroxyl groups is 1. The molecule has 0 spiro atoms. The molecule has 8 nitrogen and oxygen atoms in total. The zero-order valence-corrected chi connectivity index (χ0v) is 21.3. The van der Waals surface area contributed by atoms with Crippen LogP contribution in [0.2, 0.25) is 0 Å². The number of carbonyl (C=O) groups is 2. The van der Waals surface area contributed by atoms with Crippen molar-refractivity contribution in [1.82, 2.24) is 0 Å². The van der Waals surface area contributed by atoms with Crippen molar-refractivity contribution in [3.05, 3.63) is 70.8 Å². The second kappa shape index (κ2) is 10.9. The number of amides is 2. The van der Waals surface area contributed by atoms with Crippen molar-refractivity contribution in [2.45, 2.75) is 38.7 Å². The molecule has 9 heteroatoms. The summed E-state index contributed by atoms with van der Waals surface area (Å²) >= 11 is 0. The third-order valence-electron chi connectivity index (χ3n) is 8.10. The summed E-state index contributed by atoms with van der Waals surface area (Å²) in [6, 6.07) is 13.3. The Labute approximate surface area is 222 Å². The third-order valence-corrected chi connectivity index (χ3v) is 8.10. The van der Waals surface area contributed by atoms with Gasteiger partial charge in [0.15, 0.2) is 0 Å². The Balaban J connectivity index is 1.37. The molecule has 3 aliphatic rings. The van der Waals surface area contributed by atoms with Crippen LogP contribution in [0.3, 0.4) is 0 Å². The lowest BCUT2D eigenvalue weighted by molar-refractivity contribution is -0.122. The first-order chi connectivity index (χ1) is 18.3. The molecular weight excluding hydrogens is 485 g/mol. The highest BCUT2D eigenvalue weighted by atomic mass is 16.5. The van der Waals surface area contributed by atoms with E-state index in [0.29, 0.717) is 25.1 Å². The lowest BCUT2D eigenvalue weighted by Gasteiger charge is -2.31. The van der Waals surface area contributed by atoms with Crippen LogP contribution in [0.25, 0.3) is 6.08 Å².